The molecule has 2 aromatic heterocycles. The number of pyridine rings is 1. The predicted molar refractivity (Wildman–Crippen MR) is 141 cm³/mol. The van der Waals surface area contributed by atoms with Crippen molar-refractivity contribution >= 4 is 17.4 Å². The highest BCUT2D eigenvalue weighted by atomic mass is 19.4. The Morgan fingerprint density at radius 3 is 2.42 bits per heavy atom. The number of halogens is 3. The maximum atomic E-state index is 13.6. The van der Waals surface area contributed by atoms with Crippen molar-refractivity contribution < 1.29 is 27.1 Å². The molecule has 0 aliphatic carbocycles. The van der Waals surface area contributed by atoms with E-state index in [9.17, 15) is 18.0 Å². The summed E-state index contributed by atoms with van der Waals surface area (Å²) < 4.78 is 51.7. The number of piperazine rings is 1. The van der Waals surface area contributed by atoms with Crippen LogP contribution >= 0.6 is 0 Å². The van der Waals surface area contributed by atoms with Gasteiger partial charge >= 0.3 is 12.2 Å². The van der Waals surface area contributed by atoms with Crippen molar-refractivity contribution in [3.63, 3.8) is 0 Å². The van der Waals surface area contributed by atoms with E-state index in [1.54, 1.807) is 48.7 Å². The van der Waals surface area contributed by atoms with Crippen molar-refractivity contribution in [3.8, 4) is 23.1 Å². The molecule has 13 heteroatoms. The molecule has 1 saturated heterocycles. The van der Waals surface area contributed by atoms with Crippen molar-refractivity contribution in [3.05, 3.63) is 78.3 Å². The normalized spacial score (nSPS) is 14.6. The minimum atomic E-state index is -4.54. The second-order valence-corrected chi connectivity index (χ2v) is 9.32. The van der Waals surface area contributed by atoms with E-state index in [-0.39, 0.29) is 11.6 Å². The SMILES string of the molecule is CN1CCN(Cc2cc(NC(=O)Nc3ccc(Oc4ccnc(-c5nnco5)c4)cc3)cc(C(F)(F)F)c2)CC1. The Labute approximate surface area is 227 Å². The van der Waals surface area contributed by atoms with Gasteiger partial charge < -0.3 is 24.7 Å². The quantitative estimate of drug-likeness (QED) is 0.316. The summed E-state index contributed by atoms with van der Waals surface area (Å²) in [6.45, 7) is 3.58. The summed E-state index contributed by atoms with van der Waals surface area (Å²) in [6.07, 6.45) is -1.80. The maximum absolute atomic E-state index is 13.6. The summed E-state index contributed by atoms with van der Waals surface area (Å²) in [5, 5.41) is 12.6. The number of ether oxygens (including phenoxy) is 1. The zero-order valence-corrected chi connectivity index (χ0v) is 21.5. The lowest BCUT2D eigenvalue weighted by molar-refractivity contribution is -0.137. The number of amides is 2. The summed E-state index contributed by atoms with van der Waals surface area (Å²) in [5.41, 5.74) is 0.608. The van der Waals surface area contributed by atoms with Gasteiger partial charge in [0.1, 0.15) is 17.2 Å². The van der Waals surface area contributed by atoms with Crippen LogP contribution in [0.3, 0.4) is 0 Å². The van der Waals surface area contributed by atoms with Gasteiger partial charge in [-0.15, -0.1) is 10.2 Å². The van der Waals surface area contributed by atoms with Crippen LogP contribution in [0.2, 0.25) is 0 Å². The van der Waals surface area contributed by atoms with E-state index in [0.717, 1.165) is 38.3 Å². The van der Waals surface area contributed by atoms with Gasteiger partial charge in [0, 0.05) is 56.4 Å². The molecule has 2 aromatic carbocycles. The Morgan fingerprint density at radius 1 is 0.975 bits per heavy atom. The Bertz CT molecular complexity index is 1440. The Morgan fingerprint density at radius 2 is 1.73 bits per heavy atom. The van der Waals surface area contributed by atoms with Crippen LogP contribution in [-0.4, -0.2) is 64.2 Å². The molecule has 0 radical (unpaired) electrons. The lowest BCUT2D eigenvalue weighted by Crippen LogP contribution is -2.43. The van der Waals surface area contributed by atoms with Gasteiger partial charge in [0.15, 0.2) is 0 Å². The van der Waals surface area contributed by atoms with E-state index in [1.165, 1.54) is 6.39 Å². The fourth-order valence-electron chi connectivity index (χ4n) is 4.20. The molecule has 1 fully saturated rings. The molecular weight excluding hydrogens is 527 g/mol. The number of benzene rings is 2. The van der Waals surface area contributed by atoms with Gasteiger partial charge in [0.05, 0.1) is 5.56 Å². The van der Waals surface area contributed by atoms with Gasteiger partial charge in [0.25, 0.3) is 5.89 Å². The third-order valence-electron chi connectivity index (χ3n) is 6.24. The first-order valence-electron chi connectivity index (χ1n) is 12.4. The first-order chi connectivity index (χ1) is 19.2. The number of urea groups is 1. The second-order valence-electron chi connectivity index (χ2n) is 9.32. The highest BCUT2D eigenvalue weighted by molar-refractivity contribution is 5.99. The monoisotopic (exact) mass is 553 g/mol. The first-order valence-corrected chi connectivity index (χ1v) is 12.4. The topological polar surface area (TPSA) is 109 Å². The maximum Gasteiger partial charge on any atom is 0.416 e. The first kappa shape index (κ1) is 27.1. The van der Waals surface area contributed by atoms with Crippen molar-refractivity contribution in [2.45, 2.75) is 12.7 Å². The van der Waals surface area contributed by atoms with Gasteiger partial charge in [-0.2, -0.15) is 13.2 Å². The second kappa shape index (κ2) is 11.7. The highest BCUT2D eigenvalue weighted by Crippen LogP contribution is 2.33. The molecule has 0 saturated carbocycles. The molecule has 5 rings (SSSR count). The van der Waals surface area contributed by atoms with Crippen LogP contribution in [-0.2, 0) is 12.7 Å². The van der Waals surface area contributed by atoms with Crippen LogP contribution in [0, 0.1) is 0 Å². The van der Waals surface area contributed by atoms with Crippen molar-refractivity contribution in [2.24, 2.45) is 0 Å². The van der Waals surface area contributed by atoms with Gasteiger partial charge in [-0.05, 0) is 61.1 Å². The van der Waals surface area contributed by atoms with E-state index >= 15 is 0 Å². The zero-order chi connectivity index (χ0) is 28.1. The lowest BCUT2D eigenvalue weighted by Gasteiger charge is -2.32. The fourth-order valence-corrected chi connectivity index (χ4v) is 4.20. The van der Waals surface area contributed by atoms with Crippen LogP contribution in [0.25, 0.3) is 11.6 Å². The minimum absolute atomic E-state index is 0.0612. The standard InChI is InChI=1S/C27H26F3N7O3/c1-36-8-10-37(11-9-36)16-18-12-19(27(28,29)30)14-21(13-18)34-26(38)33-20-2-4-22(5-3-20)40-23-6-7-31-24(15-23)25-35-32-17-39-25/h2-7,12-15,17H,8-11,16H2,1H3,(H2,33,34,38). The summed E-state index contributed by atoms with van der Waals surface area (Å²) >= 11 is 0. The molecule has 0 atom stereocenters. The van der Waals surface area contributed by atoms with Crippen LogP contribution in [0.1, 0.15) is 11.1 Å². The largest absolute Gasteiger partial charge is 0.457 e. The molecular formula is C27H26F3N7O3. The van der Waals surface area contributed by atoms with E-state index in [2.05, 4.69) is 35.6 Å². The lowest BCUT2D eigenvalue weighted by atomic mass is 10.1. The van der Waals surface area contributed by atoms with E-state index in [1.807, 2.05) is 7.05 Å². The molecule has 2 N–H and O–H groups in total. The van der Waals surface area contributed by atoms with Gasteiger partial charge in [-0.25, -0.2) is 4.79 Å². The third-order valence-corrected chi connectivity index (χ3v) is 6.24. The van der Waals surface area contributed by atoms with Crippen LogP contribution in [0.4, 0.5) is 29.3 Å². The molecule has 10 nitrogen and oxygen atoms in total. The number of likely N-dealkylation sites (N-methyl/N-ethyl adjacent to an activating group) is 1. The molecule has 4 aromatic rings. The number of hydrogen-bond donors (Lipinski definition) is 2. The number of rotatable bonds is 7. The predicted octanol–water partition coefficient (Wildman–Crippen LogP) is 5.33. The molecule has 40 heavy (non-hydrogen) atoms. The van der Waals surface area contributed by atoms with Crippen molar-refractivity contribution in [2.75, 3.05) is 43.9 Å². The number of nitrogens with zero attached hydrogens (tertiary/aromatic N) is 5. The summed E-state index contributed by atoms with van der Waals surface area (Å²) in [5.74, 6) is 1.22. The number of hydrogen-bond acceptors (Lipinski definition) is 8. The fraction of sp³-hybridized carbons (Fsp3) is 0.259. The van der Waals surface area contributed by atoms with Gasteiger partial charge in [-0.1, -0.05) is 0 Å². The Balaban J connectivity index is 1.22. The van der Waals surface area contributed by atoms with Crippen molar-refractivity contribution in [1.82, 2.24) is 25.0 Å². The summed E-state index contributed by atoms with van der Waals surface area (Å²) in [6, 6.07) is 12.8. The smallest absolute Gasteiger partial charge is 0.416 e. The van der Waals surface area contributed by atoms with Gasteiger partial charge in [-0.3, -0.25) is 9.88 Å². The molecule has 0 spiro atoms. The number of carbonyl (C=O) groups is 1. The Kier molecular flexibility index (Phi) is 7.94. The average molecular weight is 554 g/mol. The molecule has 1 aliphatic heterocycles. The molecule has 1 aliphatic rings. The van der Waals surface area contributed by atoms with E-state index in [4.69, 9.17) is 9.15 Å². The minimum Gasteiger partial charge on any atom is -0.457 e. The van der Waals surface area contributed by atoms with E-state index < -0.39 is 17.8 Å². The summed E-state index contributed by atoms with van der Waals surface area (Å²) in [7, 11) is 2.01. The Hall–Kier alpha value is -4.49. The number of alkyl halides is 3. The number of carbonyl (C=O) groups excluding carboxylic acids is 1. The highest BCUT2D eigenvalue weighted by Gasteiger charge is 2.31. The van der Waals surface area contributed by atoms with Crippen LogP contribution in [0.5, 0.6) is 11.5 Å². The number of anilines is 2. The van der Waals surface area contributed by atoms with Crippen molar-refractivity contribution in [1.29, 1.82) is 0 Å². The molecule has 0 unspecified atom stereocenters. The molecule has 208 valence electrons. The number of nitrogens with one attached hydrogen (secondary N) is 2. The zero-order valence-electron chi connectivity index (χ0n) is 21.5. The summed E-state index contributed by atoms with van der Waals surface area (Å²) in [4.78, 5) is 21.1. The molecule has 2 amide bonds. The molecule has 3 heterocycles. The van der Waals surface area contributed by atoms with E-state index in [0.29, 0.717) is 35.0 Å². The third kappa shape index (κ3) is 7.12. The number of aromatic nitrogens is 3. The van der Waals surface area contributed by atoms with Gasteiger partial charge in [0.2, 0.25) is 6.39 Å². The van der Waals surface area contributed by atoms with Crippen LogP contribution in [0.15, 0.2) is 71.6 Å². The molecule has 0 bridgehead atoms. The average Bonchev–Trinajstić information content (AvgIpc) is 3.46. The van der Waals surface area contributed by atoms with Crippen LogP contribution < -0.4 is 15.4 Å².